The van der Waals surface area contributed by atoms with E-state index in [4.69, 9.17) is 17.2 Å². The molecule has 1 saturated heterocycles. The van der Waals surface area contributed by atoms with E-state index in [9.17, 15) is 9.59 Å². The summed E-state index contributed by atoms with van der Waals surface area (Å²) in [5.74, 6) is 0.279. The Balaban J connectivity index is 1.80. The Morgan fingerprint density at radius 2 is 1.91 bits per heavy atom. The molecule has 0 saturated carbocycles. The highest BCUT2D eigenvalue weighted by molar-refractivity contribution is 8.26. The predicted molar refractivity (Wildman–Crippen MR) is 139 cm³/mol. The van der Waals surface area contributed by atoms with E-state index in [-0.39, 0.29) is 17.5 Å². The number of carbonyl (C=O) groups excluding carboxylic acids is 1. The number of anilines is 1. The molecule has 33 heavy (non-hydrogen) atoms. The van der Waals surface area contributed by atoms with Crippen molar-refractivity contribution in [3.63, 3.8) is 0 Å². The van der Waals surface area contributed by atoms with Crippen LogP contribution >= 0.6 is 24.0 Å². The molecule has 1 atom stereocenters. The molecule has 170 valence electrons. The largest absolute Gasteiger partial charge is 0.365 e. The minimum absolute atomic E-state index is 0.000933. The molecule has 1 aliphatic rings. The number of amides is 1. The summed E-state index contributed by atoms with van der Waals surface area (Å²) >= 11 is 6.68. The molecule has 0 bridgehead atoms. The Hall–Kier alpha value is -2.97. The minimum Gasteiger partial charge on any atom is -0.365 e. The van der Waals surface area contributed by atoms with E-state index in [1.165, 1.54) is 21.7 Å². The van der Waals surface area contributed by atoms with Crippen LogP contribution in [0.2, 0.25) is 0 Å². The first-order chi connectivity index (χ1) is 15.8. The first-order valence-corrected chi connectivity index (χ1v) is 12.1. The zero-order chi connectivity index (χ0) is 23.7. The Labute approximate surface area is 202 Å². The van der Waals surface area contributed by atoms with Crippen LogP contribution in [-0.2, 0) is 11.3 Å². The average molecular weight is 479 g/mol. The number of thioether (sulfide) groups is 1. The monoisotopic (exact) mass is 478 g/mol. The van der Waals surface area contributed by atoms with Crippen molar-refractivity contribution in [3.8, 4) is 0 Å². The number of pyridine rings is 1. The summed E-state index contributed by atoms with van der Waals surface area (Å²) in [6, 6.07) is 11.9. The Morgan fingerprint density at radius 3 is 2.61 bits per heavy atom. The van der Waals surface area contributed by atoms with E-state index in [0.29, 0.717) is 32.8 Å². The second kappa shape index (κ2) is 9.49. The molecular weight excluding hydrogens is 452 g/mol. The number of nitrogens with one attached hydrogen (secondary N) is 1. The molecule has 1 aliphatic heterocycles. The molecule has 3 heterocycles. The second-order valence-electron chi connectivity index (χ2n) is 8.21. The number of benzene rings is 1. The van der Waals surface area contributed by atoms with Crippen LogP contribution in [0, 0.1) is 13.8 Å². The van der Waals surface area contributed by atoms with Crippen molar-refractivity contribution < 1.29 is 4.79 Å². The van der Waals surface area contributed by atoms with Crippen LogP contribution in [0.15, 0.2) is 52.3 Å². The third kappa shape index (κ3) is 4.58. The molecule has 1 aromatic carbocycles. The summed E-state index contributed by atoms with van der Waals surface area (Å²) in [6.45, 7) is 8.45. The molecule has 1 N–H and O–H groups in total. The van der Waals surface area contributed by atoms with Crippen molar-refractivity contribution in [2.24, 2.45) is 0 Å². The number of thiocarbonyl (C=S) groups is 1. The lowest BCUT2D eigenvalue weighted by molar-refractivity contribution is -0.123. The van der Waals surface area contributed by atoms with Gasteiger partial charge in [-0.1, -0.05) is 66.8 Å². The van der Waals surface area contributed by atoms with Gasteiger partial charge in [0.2, 0.25) is 0 Å². The Morgan fingerprint density at radius 1 is 1.18 bits per heavy atom. The SMILES string of the molecule is CCC(C)N1C(=O)/C(=C/c2c(NCc3ccc(C)cc3)nc3c(C)cccn3c2=O)SC1=S. The highest BCUT2D eigenvalue weighted by atomic mass is 32.2. The van der Waals surface area contributed by atoms with E-state index in [0.717, 1.165) is 17.5 Å². The molecule has 1 unspecified atom stereocenters. The molecule has 6 nitrogen and oxygen atoms in total. The summed E-state index contributed by atoms with van der Waals surface area (Å²) in [5, 5.41) is 3.32. The number of nitrogens with zero attached hydrogens (tertiary/aromatic N) is 3. The average Bonchev–Trinajstić information content (AvgIpc) is 3.08. The van der Waals surface area contributed by atoms with Crippen molar-refractivity contribution in [3.05, 3.63) is 80.1 Å². The van der Waals surface area contributed by atoms with Crippen LogP contribution in [0.5, 0.6) is 0 Å². The van der Waals surface area contributed by atoms with Gasteiger partial charge < -0.3 is 5.32 Å². The fraction of sp³-hybridized carbons (Fsp3) is 0.280. The Bertz CT molecular complexity index is 1330. The maximum atomic E-state index is 13.5. The van der Waals surface area contributed by atoms with E-state index in [2.05, 4.69) is 5.32 Å². The summed E-state index contributed by atoms with van der Waals surface area (Å²) in [7, 11) is 0. The number of hydrogen-bond donors (Lipinski definition) is 1. The number of aromatic nitrogens is 2. The van der Waals surface area contributed by atoms with Gasteiger partial charge >= 0.3 is 0 Å². The third-order valence-electron chi connectivity index (χ3n) is 5.80. The third-order valence-corrected chi connectivity index (χ3v) is 7.13. The van der Waals surface area contributed by atoms with Crippen LogP contribution < -0.4 is 10.9 Å². The lowest BCUT2D eigenvalue weighted by Crippen LogP contribution is -2.36. The van der Waals surface area contributed by atoms with Crippen molar-refractivity contribution in [1.82, 2.24) is 14.3 Å². The zero-order valence-electron chi connectivity index (χ0n) is 19.1. The van der Waals surface area contributed by atoms with Gasteiger partial charge in [0.15, 0.2) is 0 Å². The number of aryl methyl sites for hydroxylation is 2. The number of hydrogen-bond acceptors (Lipinski definition) is 6. The fourth-order valence-electron chi connectivity index (χ4n) is 3.64. The molecule has 8 heteroatoms. The molecule has 0 radical (unpaired) electrons. The summed E-state index contributed by atoms with van der Waals surface area (Å²) < 4.78 is 2.03. The summed E-state index contributed by atoms with van der Waals surface area (Å²) in [4.78, 5) is 33.4. The van der Waals surface area contributed by atoms with E-state index in [1.54, 1.807) is 17.2 Å². The van der Waals surface area contributed by atoms with Crippen molar-refractivity contribution in [2.45, 2.75) is 46.7 Å². The van der Waals surface area contributed by atoms with Gasteiger partial charge in [0.25, 0.3) is 11.5 Å². The summed E-state index contributed by atoms with van der Waals surface area (Å²) in [6.07, 6.45) is 4.12. The highest BCUT2D eigenvalue weighted by Gasteiger charge is 2.35. The van der Waals surface area contributed by atoms with Crippen molar-refractivity contribution in [2.75, 3.05) is 5.32 Å². The molecule has 4 rings (SSSR count). The number of rotatable bonds is 6. The van der Waals surface area contributed by atoms with Crippen molar-refractivity contribution in [1.29, 1.82) is 0 Å². The molecule has 2 aromatic heterocycles. The smallest absolute Gasteiger partial charge is 0.267 e. The van der Waals surface area contributed by atoms with E-state index >= 15 is 0 Å². The maximum absolute atomic E-state index is 13.5. The quantitative estimate of drug-likeness (QED) is 0.401. The van der Waals surface area contributed by atoms with Crippen LogP contribution in [-0.4, -0.2) is 30.6 Å². The van der Waals surface area contributed by atoms with E-state index < -0.39 is 0 Å². The van der Waals surface area contributed by atoms with Gasteiger partial charge in [-0.25, -0.2) is 4.98 Å². The van der Waals surface area contributed by atoms with Gasteiger partial charge in [0.1, 0.15) is 15.8 Å². The van der Waals surface area contributed by atoms with Gasteiger partial charge in [-0.2, -0.15) is 0 Å². The van der Waals surface area contributed by atoms with Crippen molar-refractivity contribution >= 4 is 51.7 Å². The van der Waals surface area contributed by atoms with Gasteiger partial charge in [0.05, 0.1) is 10.5 Å². The lowest BCUT2D eigenvalue weighted by atomic mass is 10.1. The molecule has 1 fully saturated rings. The first kappa shape index (κ1) is 23.2. The summed E-state index contributed by atoms with van der Waals surface area (Å²) in [5.41, 5.74) is 3.83. The zero-order valence-corrected chi connectivity index (χ0v) is 20.7. The van der Waals surface area contributed by atoms with Gasteiger partial charge in [-0.15, -0.1) is 0 Å². The highest BCUT2D eigenvalue weighted by Crippen LogP contribution is 2.35. The Kier molecular flexibility index (Phi) is 6.67. The van der Waals surface area contributed by atoms with Crippen LogP contribution in [0.1, 0.15) is 42.5 Å². The maximum Gasteiger partial charge on any atom is 0.267 e. The van der Waals surface area contributed by atoms with Gasteiger partial charge in [-0.3, -0.25) is 18.9 Å². The molecule has 0 spiro atoms. The number of fused-ring (bicyclic) bond motifs is 1. The van der Waals surface area contributed by atoms with Crippen LogP contribution in [0.25, 0.3) is 11.7 Å². The normalized spacial score (nSPS) is 16.1. The molecule has 1 amide bonds. The number of carbonyl (C=O) groups is 1. The van der Waals surface area contributed by atoms with Gasteiger partial charge in [-0.05, 0) is 50.5 Å². The van der Waals surface area contributed by atoms with Crippen LogP contribution in [0.4, 0.5) is 5.82 Å². The standard InChI is InChI=1S/C25H26N4O2S2/c1-5-17(4)29-24(31)20(33-25(29)32)13-19-21(26-14-18-10-8-15(2)9-11-18)27-22-16(3)7-6-12-28(22)23(19)30/h6-13,17,26H,5,14H2,1-4H3/b20-13-. The van der Waals surface area contributed by atoms with Crippen LogP contribution in [0.3, 0.4) is 0 Å². The molecular formula is C25H26N4O2S2. The molecule has 3 aromatic rings. The predicted octanol–water partition coefficient (Wildman–Crippen LogP) is 4.92. The second-order valence-corrected chi connectivity index (χ2v) is 9.89. The first-order valence-electron chi connectivity index (χ1n) is 10.9. The minimum atomic E-state index is -0.232. The lowest BCUT2D eigenvalue weighted by Gasteiger charge is -2.21. The van der Waals surface area contributed by atoms with Gasteiger partial charge in [0, 0.05) is 18.8 Å². The fourth-order valence-corrected chi connectivity index (χ4v) is 5.09. The molecule has 0 aliphatic carbocycles. The van der Waals surface area contributed by atoms with E-state index in [1.807, 2.05) is 64.1 Å². The topological polar surface area (TPSA) is 66.7 Å².